The maximum absolute atomic E-state index is 12.1. The third-order valence-electron chi connectivity index (χ3n) is 3.85. The average molecular weight is 289 g/mol. The third kappa shape index (κ3) is 3.06. The molecule has 2 heterocycles. The van der Waals surface area contributed by atoms with Crippen molar-refractivity contribution in [1.82, 2.24) is 10.6 Å². The molecule has 6 heteroatoms. The van der Waals surface area contributed by atoms with Crippen LogP contribution in [0.4, 0.5) is 5.69 Å². The van der Waals surface area contributed by atoms with Crippen LogP contribution >= 0.6 is 0 Å². The number of fused-ring (bicyclic) bond motifs is 1. The molecule has 21 heavy (non-hydrogen) atoms. The van der Waals surface area contributed by atoms with Gasteiger partial charge in [0, 0.05) is 12.2 Å². The van der Waals surface area contributed by atoms with E-state index in [9.17, 15) is 9.59 Å². The molecule has 0 bridgehead atoms. The monoisotopic (exact) mass is 289 g/mol. The number of anilines is 1. The first kappa shape index (κ1) is 14.0. The van der Waals surface area contributed by atoms with E-state index in [0.29, 0.717) is 26.2 Å². The van der Waals surface area contributed by atoms with Crippen LogP contribution < -0.4 is 16.0 Å². The number of carbonyl (C=O) groups excluding carboxylic acids is 2. The molecule has 2 aliphatic rings. The number of amides is 2. The van der Waals surface area contributed by atoms with Gasteiger partial charge in [0.15, 0.2) is 0 Å². The molecule has 1 aromatic rings. The Kier molecular flexibility index (Phi) is 3.90. The first-order valence-electron chi connectivity index (χ1n) is 7.17. The molecule has 0 aliphatic carbocycles. The Morgan fingerprint density at radius 2 is 2.33 bits per heavy atom. The van der Waals surface area contributed by atoms with E-state index >= 15 is 0 Å². The Bertz CT molecular complexity index is 567. The lowest BCUT2D eigenvalue weighted by molar-refractivity contribution is -0.126. The number of morpholine rings is 1. The van der Waals surface area contributed by atoms with Gasteiger partial charge in [0.1, 0.15) is 6.04 Å². The minimum atomic E-state index is -0.293. The molecule has 2 unspecified atom stereocenters. The largest absolute Gasteiger partial charge is 0.378 e. The van der Waals surface area contributed by atoms with Crippen LogP contribution in [0.15, 0.2) is 18.2 Å². The quantitative estimate of drug-likeness (QED) is 0.750. The molecular weight excluding hydrogens is 270 g/mol. The molecule has 2 amide bonds. The highest BCUT2D eigenvalue weighted by molar-refractivity contribution is 5.99. The van der Waals surface area contributed by atoms with Gasteiger partial charge in [-0.2, -0.15) is 0 Å². The van der Waals surface area contributed by atoms with Crippen molar-refractivity contribution in [3.63, 3.8) is 0 Å². The maximum Gasteiger partial charge on any atom is 0.240 e. The SMILES string of the molecule is CC(NC(=O)C1COCCN1)c1ccc2c(c1)CC(=O)N2. The van der Waals surface area contributed by atoms with Crippen molar-refractivity contribution in [2.45, 2.75) is 25.4 Å². The molecule has 1 fully saturated rings. The van der Waals surface area contributed by atoms with Gasteiger partial charge in [-0.3, -0.25) is 9.59 Å². The highest BCUT2D eigenvalue weighted by Gasteiger charge is 2.24. The van der Waals surface area contributed by atoms with Gasteiger partial charge in [0.2, 0.25) is 11.8 Å². The zero-order chi connectivity index (χ0) is 14.8. The molecular formula is C15H19N3O3. The summed E-state index contributed by atoms with van der Waals surface area (Å²) in [5.74, 6) is -0.0423. The first-order valence-corrected chi connectivity index (χ1v) is 7.17. The van der Waals surface area contributed by atoms with Crippen molar-refractivity contribution in [3.05, 3.63) is 29.3 Å². The normalized spacial score (nSPS) is 22.3. The smallest absolute Gasteiger partial charge is 0.240 e. The van der Waals surface area contributed by atoms with E-state index in [2.05, 4.69) is 16.0 Å². The molecule has 0 spiro atoms. The molecule has 0 radical (unpaired) electrons. The summed E-state index contributed by atoms with van der Waals surface area (Å²) in [6.45, 7) is 3.68. The van der Waals surface area contributed by atoms with E-state index < -0.39 is 0 Å². The highest BCUT2D eigenvalue weighted by Crippen LogP contribution is 2.26. The third-order valence-corrected chi connectivity index (χ3v) is 3.85. The highest BCUT2D eigenvalue weighted by atomic mass is 16.5. The van der Waals surface area contributed by atoms with Crippen molar-refractivity contribution >= 4 is 17.5 Å². The molecule has 0 saturated carbocycles. The van der Waals surface area contributed by atoms with Gasteiger partial charge in [0.05, 0.1) is 25.7 Å². The van der Waals surface area contributed by atoms with Crippen LogP contribution in [0.25, 0.3) is 0 Å². The van der Waals surface area contributed by atoms with Gasteiger partial charge < -0.3 is 20.7 Å². The van der Waals surface area contributed by atoms with Crippen molar-refractivity contribution in [1.29, 1.82) is 0 Å². The Labute approximate surface area is 123 Å². The maximum atomic E-state index is 12.1. The van der Waals surface area contributed by atoms with Crippen molar-refractivity contribution in [2.75, 3.05) is 25.1 Å². The Hall–Kier alpha value is -1.92. The van der Waals surface area contributed by atoms with Crippen LogP contribution in [0.3, 0.4) is 0 Å². The Morgan fingerprint density at radius 1 is 1.48 bits per heavy atom. The number of hydrogen-bond acceptors (Lipinski definition) is 4. The van der Waals surface area contributed by atoms with Crippen molar-refractivity contribution in [2.24, 2.45) is 0 Å². The van der Waals surface area contributed by atoms with Crippen LogP contribution in [0.2, 0.25) is 0 Å². The summed E-state index contributed by atoms with van der Waals surface area (Å²) in [6, 6.07) is 5.39. The van der Waals surface area contributed by atoms with Crippen LogP contribution in [0.1, 0.15) is 24.1 Å². The molecule has 3 N–H and O–H groups in total. The molecule has 1 aromatic carbocycles. The second-order valence-corrected chi connectivity index (χ2v) is 5.45. The zero-order valence-electron chi connectivity index (χ0n) is 11.9. The minimum Gasteiger partial charge on any atom is -0.378 e. The van der Waals surface area contributed by atoms with E-state index in [1.807, 2.05) is 25.1 Å². The standard InChI is InChI=1S/C15H19N3O3/c1-9(17-15(20)13-8-21-5-4-16-13)10-2-3-12-11(6-10)7-14(19)18-12/h2-3,6,9,13,16H,4-5,7-8H2,1H3,(H,17,20)(H,18,19). The lowest BCUT2D eigenvalue weighted by atomic mass is 10.0. The fourth-order valence-corrected chi connectivity index (χ4v) is 2.65. The summed E-state index contributed by atoms with van der Waals surface area (Å²) in [6.07, 6.45) is 0.405. The lowest BCUT2D eigenvalue weighted by Crippen LogP contribution is -2.51. The summed E-state index contributed by atoms with van der Waals surface area (Å²) in [4.78, 5) is 23.5. The number of benzene rings is 1. The molecule has 2 aliphatic heterocycles. The number of rotatable bonds is 3. The van der Waals surface area contributed by atoms with Gasteiger partial charge in [0.25, 0.3) is 0 Å². The predicted molar refractivity (Wildman–Crippen MR) is 77.9 cm³/mol. The van der Waals surface area contributed by atoms with Crippen LogP contribution in [-0.2, 0) is 20.7 Å². The van der Waals surface area contributed by atoms with Crippen LogP contribution in [0, 0.1) is 0 Å². The zero-order valence-corrected chi connectivity index (χ0v) is 11.9. The van der Waals surface area contributed by atoms with E-state index in [0.717, 1.165) is 16.8 Å². The van der Waals surface area contributed by atoms with Gasteiger partial charge in [-0.05, 0) is 24.1 Å². The Morgan fingerprint density at radius 3 is 3.10 bits per heavy atom. The van der Waals surface area contributed by atoms with Crippen molar-refractivity contribution in [3.8, 4) is 0 Å². The fraction of sp³-hybridized carbons (Fsp3) is 0.467. The number of nitrogens with one attached hydrogen (secondary N) is 3. The van der Waals surface area contributed by atoms with Crippen molar-refractivity contribution < 1.29 is 14.3 Å². The number of hydrogen-bond donors (Lipinski definition) is 3. The van der Waals surface area contributed by atoms with Gasteiger partial charge in [-0.1, -0.05) is 12.1 Å². The van der Waals surface area contributed by atoms with Crippen LogP contribution in [0.5, 0.6) is 0 Å². The van der Waals surface area contributed by atoms with E-state index in [4.69, 9.17) is 4.74 Å². The number of ether oxygens (including phenoxy) is 1. The summed E-state index contributed by atoms with van der Waals surface area (Å²) in [5.41, 5.74) is 2.85. The van der Waals surface area contributed by atoms with E-state index in [1.165, 1.54) is 0 Å². The van der Waals surface area contributed by atoms with Crippen LogP contribution in [-0.4, -0.2) is 37.6 Å². The molecule has 6 nitrogen and oxygen atoms in total. The van der Waals surface area contributed by atoms with Gasteiger partial charge in [-0.25, -0.2) is 0 Å². The van der Waals surface area contributed by atoms with Gasteiger partial charge >= 0.3 is 0 Å². The molecule has 0 aromatic heterocycles. The van der Waals surface area contributed by atoms with Gasteiger partial charge in [-0.15, -0.1) is 0 Å². The second kappa shape index (κ2) is 5.83. The summed E-state index contributed by atoms with van der Waals surface area (Å²) in [5, 5.41) is 8.92. The van der Waals surface area contributed by atoms with E-state index in [-0.39, 0.29) is 23.9 Å². The molecule has 3 rings (SSSR count). The second-order valence-electron chi connectivity index (χ2n) is 5.45. The lowest BCUT2D eigenvalue weighted by Gasteiger charge is -2.25. The number of carbonyl (C=O) groups is 2. The Balaban J connectivity index is 1.65. The minimum absolute atomic E-state index is 0.0161. The topological polar surface area (TPSA) is 79.5 Å². The molecule has 112 valence electrons. The first-order chi connectivity index (χ1) is 10.1. The summed E-state index contributed by atoms with van der Waals surface area (Å²) in [7, 11) is 0. The molecule has 1 saturated heterocycles. The average Bonchev–Trinajstić information content (AvgIpc) is 2.87. The predicted octanol–water partition coefficient (Wildman–Crippen LogP) is 0.347. The summed E-state index contributed by atoms with van der Waals surface area (Å²) >= 11 is 0. The summed E-state index contributed by atoms with van der Waals surface area (Å²) < 4.78 is 5.29. The molecule has 2 atom stereocenters. The fourth-order valence-electron chi connectivity index (χ4n) is 2.65. The van der Waals surface area contributed by atoms with E-state index in [1.54, 1.807) is 0 Å².